The summed E-state index contributed by atoms with van der Waals surface area (Å²) in [4.78, 5) is 2.48. The Kier molecular flexibility index (Phi) is 2.45. The molecule has 1 aliphatic carbocycles. The molecule has 102 valence electrons. The van der Waals surface area contributed by atoms with E-state index >= 15 is 0 Å². The third kappa shape index (κ3) is 1.79. The summed E-state index contributed by atoms with van der Waals surface area (Å²) in [6, 6.07) is 7.40. The van der Waals surface area contributed by atoms with Crippen LogP contribution >= 0.6 is 0 Å². The summed E-state index contributed by atoms with van der Waals surface area (Å²) in [7, 11) is 0. The minimum atomic E-state index is -0.725. The number of β-amino-alcohol motifs (C(OH)–C–C–N with tert-alkyl or cyclic N) is 1. The van der Waals surface area contributed by atoms with Gasteiger partial charge in [0.25, 0.3) is 0 Å². The Balaban J connectivity index is 1.70. The molecule has 3 aliphatic rings. The van der Waals surface area contributed by atoms with E-state index in [9.17, 15) is 5.11 Å². The molecule has 1 aromatic carbocycles. The second-order valence-corrected chi connectivity index (χ2v) is 6.38. The zero-order chi connectivity index (χ0) is 13.0. The highest BCUT2D eigenvalue weighted by Crippen LogP contribution is 2.45. The first-order chi connectivity index (χ1) is 9.17. The van der Waals surface area contributed by atoms with E-state index in [0.717, 1.165) is 37.3 Å². The van der Waals surface area contributed by atoms with E-state index in [1.807, 2.05) is 6.07 Å². The van der Waals surface area contributed by atoms with Gasteiger partial charge in [0.1, 0.15) is 11.4 Å². The molecule has 2 atom stereocenters. The first kappa shape index (κ1) is 11.7. The number of para-hydroxylation sites is 1. The lowest BCUT2D eigenvalue weighted by molar-refractivity contribution is 0.0427. The minimum absolute atomic E-state index is 0.467. The molecular formula is C16H21NO2. The Hall–Kier alpha value is -1.06. The van der Waals surface area contributed by atoms with Crippen LogP contribution in [-0.4, -0.2) is 35.2 Å². The van der Waals surface area contributed by atoms with Crippen LogP contribution in [0.1, 0.15) is 37.3 Å². The van der Waals surface area contributed by atoms with Crippen molar-refractivity contribution in [2.75, 3.05) is 13.2 Å². The van der Waals surface area contributed by atoms with Crippen LogP contribution in [0.4, 0.5) is 0 Å². The fourth-order valence-corrected chi connectivity index (χ4v) is 3.80. The van der Waals surface area contributed by atoms with Gasteiger partial charge in [0, 0.05) is 30.6 Å². The standard InChI is InChI=1S/C16H21NO2/c1-11-9-16(18,10-17(11)13-5-6-13)14-4-2-3-12-7-8-19-15(12)14/h2-4,11,13,18H,5-10H2,1H3. The van der Waals surface area contributed by atoms with Gasteiger partial charge in [0.15, 0.2) is 0 Å². The fraction of sp³-hybridized carbons (Fsp3) is 0.625. The SMILES string of the molecule is CC1CC(O)(c2cccc3c2OCC3)CN1C1CC1. The summed E-state index contributed by atoms with van der Waals surface area (Å²) < 4.78 is 5.78. The van der Waals surface area contributed by atoms with Gasteiger partial charge in [-0.2, -0.15) is 0 Å². The van der Waals surface area contributed by atoms with Crippen molar-refractivity contribution in [1.82, 2.24) is 4.90 Å². The van der Waals surface area contributed by atoms with Gasteiger partial charge in [0.2, 0.25) is 0 Å². The lowest BCUT2D eigenvalue weighted by Gasteiger charge is -2.25. The number of hydrogen-bond donors (Lipinski definition) is 1. The summed E-state index contributed by atoms with van der Waals surface area (Å²) in [5.74, 6) is 0.954. The predicted octanol–water partition coefficient (Wildman–Crippen LogP) is 2.07. The van der Waals surface area contributed by atoms with Crippen molar-refractivity contribution < 1.29 is 9.84 Å². The quantitative estimate of drug-likeness (QED) is 0.882. The molecule has 1 N–H and O–H groups in total. The molecular weight excluding hydrogens is 238 g/mol. The normalized spacial score (nSPS) is 34.3. The largest absolute Gasteiger partial charge is 0.493 e. The zero-order valence-corrected chi connectivity index (χ0v) is 11.4. The van der Waals surface area contributed by atoms with Crippen molar-refractivity contribution in [2.45, 2.75) is 50.3 Å². The van der Waals surface area contributed by atoms with Gasteiger partial charge < -0.3 is 9.84 Å². The Bertz CT molecular complexity index is 511. The number of benzene rings is 1. The average Bonchev–Trinajstić information content (AvgIpc) is 3.03. The summed E-state index contributed by atoms with van der Waals surface area (Å²) >= 11 is 0. The molecule has 4 rings (SSSR count). The topological polar surface area (TPSA) is 32.7 Å². The highest BCUT2D eigenvalue weighted by atomic mass is 16.5. The van der Waals surface area contributed by atoms with Gasteiger partial charge in [-0.15, -0.1) is 0 Å². The van der Waals surface area contributed by atoms with Gasteiger partial charge in [0.05, 0.1) is 6.61 Å². The third-order valence-corrected chi connectivity index (χ3v) is 4.88. The molecule has 0 radical (unpaired) electrons. The van der Waals surface area contributed by atoms with E-state index < -0.39 is 5.60 Å². The zero-order valence-electron chi connectivity index (χ0n) is 11.4. The van der Waals surface area contributed by atoms with Crippen molar-refractivity contribution >= 4 is 0 Å². The second-order valence-electron chi connectivity index (χ2n) is 6.38. The monoisotopic (exact) mass is 259 g/mol. The Morgan fingerprint density at radius 3 is 3.00 bits per heavy atom. The molecule has 2 unspecified atom stereocenters. The van der Waals surface area contributed by atoms with Crippen LogP contribution in [0.2, 0.25) is 0 Å². The van der Waals surface area contributed by atoms with Crippen LogP contribution in [-0.2, 0) is 12.0 Å². The summed E-state index contributed by atoms with van der Waals surface area (Å²) in [5, 5.41) is 11.1. The van der Waals surface area contributed by atoms with Gasteiger partial charge in [-0.25, -0.2) is 0 Å². The lowest BCUT2D eigenvalue weighted by Crippen LogP contribution is -2.33. The first-order valence-electron chi connectivity index (χ1n) is 7.41. The molecule has 1 aromatic rings. The van der Waals surface area contributed by atoms with Crippen molar-refractivity contribution in [3.8, 4) is 5.75 Å². The van der Waals surface area contributed by atoms with E-state index in [0.29, 0.717) is 12.1 Å². The van der Waals surface area contributed by atoms with Crippen LogP contribution in [0.5, 0.6) is 5.75 Å². The van der Waals surface area contributed by atoms with Crippen molar-refractivity contribution in [3.63, 3.8) is 0 Å². The fourth-order valence-electron chi connectivity index (χ4n) is 3.80. The van der Waals surface area contributed by atoms with Crippen molar-refractivity contribution in [2.24, 2.45) is 0 Å². The lowest BCUT2D eigenvalue weighted by atomic mass is 9.89. The highest BCUT2D eigenvalue weighted by molar-refractivity contribution is 5.47. The molecule has 0 amide bonds. The summed E-state index contributed by atoms with van der Waals surface area (Å²) in [6.45, 7) is 3.75. The molecule has 2 fully saturated rings. The van der Waals surface area contributed by atoms with Gasteiger partial charge >= 0.3 is 0 Å². The molecule has 0 bridgehead atoms. The number of rotatable bonds is 2. The van der Waals surface area contributed by atoms with Gasteiger partial charge in [-0.1, -0.05) is 18.2 Å². The molecule has 1 saturated heterocycles. The maximum atomic E-state index is 11.1. The second kappa shape index (κ2) is 3.97. The maximum absolute atomic E-state index is 11.1. The molecule has 3 heteroatoms. The molecule has 1 saturated carbocycles. The van der Waals surface area contributed by atoms with Crippen LogP contribution in [0.25, 0.3) is 0 Å². The number of hydrogen-bond acceptors (Lipinski definition) is 3. The number of nitrogens with zero attached hydrogens (tertiary/aromatic N) is 1. The maximum Gasteiger partial charge on any atom is 0.128 e. The van der Waals surface area contributed by atoms with E-state index in [4.69, 9.17) is 4.74 Å². The number of likely N-dealkylation sites (tertiary alicyclic amines) is 1. The molecule has 2 heterocycles. The molecule has 19 heavy (non-hydrogen) atoms. The van der Waals surface area contributed by atoms with Crippen LogP contribution in [0.3, 0.4) is 0 Å². The molecule has 2 aliphatic heterocycles. The van der Waals surface area contributed by atoms with Crippen molar-refractivity contribution in [1.29, 1.82) is 0 Å². The highest BCUT2D eigenvalue weighted by Gasteiger charge is 2.48. The third-order valence-electron chi connectivity index (χ3n) is 4.88. The van der Waals surface area contributed by atoms with E-state index in [1.165, 1.54) is 18.4 Å². The number of ether oxygens (including phenoxy) is 1. The number of fused-ring (bicyclic) bond motifs is 1. The van der Waals surface area contributed by atoms with E-state index in [-0.39, 0.29) is 0 Å². The minimum Gasteiger partial charge on any atom is -0.493 e. The molecule has 0 spiro atoms. The van der Waals surface area contributed by atoms with Crippen LogP contribution < -0.4 is 4.74 Å². The van der Waals surface area contributed by atoms with E-state index in [2.05, 4.69) is 24.0 Å². The molecule has 3 nitrogen and oxygen atoms in total. The van der Waals surface area contributed by atoms with Crippen molar-refractivity contribution in [3.05, 3.63) is 29.3 Å². The van der Waals surface area contributed by atoms with Crippen LogP contribution in [0.15, 0.2) is 18.2 Å². The predicted molar refractivity (Wildman–Crippen MR) is 73.3 cm³/mol. The Morgan fingerprint density at radius 2 is 2.21 bits per heavy atom. The first-order valence-corrected chi connectivity index (χ1v) is 7.41. The summed E-state index contributed by atoms with van der Waals surface area (Å²) in [5.41, 5.74) is 1.54. The van der Waals surface area contributed by atoms with Crippen LogP contribution in [0, 0.1) is 0 Å². The number of aliphatic hydroxyl groups is 1. The van der Waals surface area contributed by atoms with E-state index in [1.54, 1.807) is 0 Å². The summed E-state index contributed by atoms with van der Waals surface area (Å²) in [6.07, 6.45) is 4.39. The smallest absolute Gasteiger partial charge is 0.128 e. The Labute approximate surface area is 114 Å². The average molecular weight is 259 g/mol. The molecule has 0 aromatic heterocycles. The van der Waals surface area contributed by atoms with Gasteiger partial charge in [-0.05, 0) is 31.7 Å². The van der Waals surface area contributed by atoms with Gasteiger partial charge in [-0.3, -0.25) is 4.90 Å². The Morgan fingerprint density at radius 1 is 1.37 bits per heavy atom.